The molecule has 0 amide bonds. The lowest BCUT2D eigenvalue weighted by atomic mass is 10.1. The van der Waals surface area contributed by atoms with Gasteiger partial charge in [-0.1, -0.05) is 34.4 Å². The fraction of sp³-hybridized carbons (Fsp3) is 0.111. The number of rotatable bonds is 4. The number of hydrogen-bond donors (Lipinski definition) is 0. The predicted octanol–water partition coefficient (Wildman–Crippen LogP) is 2.49. The van der Waals surface area contributed by atoms with Crippen LogP contribution in [0.25, 0.3) is 0 Å². The van der Waals surface area contributed by atoms with Crippen LogP contribution in [0.1, 0.15) is 5.56 Å². The summed E-state index contributed by atoms with van der Waals surface area (Å²) in [6.45, 7) is 0. The lowest BCUT2D eigenvalue weighted by molar-refractivity contribution is 0.327. The average molecular weight is 311 g/mol. The maximum atomic E-state index is 12.0. The van der Waals surface area contributed by atoms with Crippen LogP contribution in [0.3, 0.4) is 0 Å². The molecular formula is C9H5Cl2FN2O3S. The first kappa shape index (κ1) is 14.7. The second-order valence-corrected chi connectivity index (χ2v) is 5.19. The van der Waals surface area contributed by atoms with Crippen LogP contribution in [-0.2, 0) is 14.4 Å². The quantitative estimate of drug-likeness (QED) is 0.632. The minimum absolute atomic E-state index is 0.0115. The molecule has 0 aliphatic rings. The van der Waals surface area contributed by atoms with E-state index in [4.69, 9.17) is 28.5 Å². The summed E-state index contributed by atoms with van der Waals surface area (Å²) in [5.74, 6) is 0. The summed E-state index contributed by atoms with van der Waals surface area (Å²) in [6.07, 6.45) is 0. The van der Waals surface area contributed by atoms with Crippen LogP contribution < -0.4 is 0 Å². The van der Waals surface area contributed by atoms with Crippen molar-refractivity contribution in [1.82, 2.24) is 0 Å². The molecule has 0 unspecified atom stereocenters. The molecule has 0 saturated heterocycles. The number of alkyl halides is 1. The van der Waals surface area contributed by atoms with Gasteiger partial charge in [-0.05, 0) is 12.1 Å². The molecule has 9 heteroatoms. The third-order valence-corrected chi connectivity index (χ3v) is 2.88. The van der Waals surface area contributed by atoms with Crippen molar-refractivity contribution in [3.63, 3.8) is 0 Å². The van der Waals surface area contributed by atoms with Gasteiger partial charge in [0, 0.05) is 0 Å². The van der Waals surface area contributed by atoms with Crippen molar-refractivity contribution in [1.29, 1.82) is 5.26 Å². The molecule has 1 aromatic carbocycles. The van der Waals surface area contributed by atoms with E-state index in [1.807, 2.05) is 0 Å². The zero-order valence-corrected chi connectivity index (χ0v) is 10.9. The van der Waals surface area contributed by atoms with Gasteiger partial charge in [0.2, 0.25) is 6.01 Å². The Morgan fingerprint density at radius 2 is 2.00 bits per heavy atom. The van der Waals surface area contributed by atoms with E-state index >= 15 is 0 Å². The third-order valence-electron chi connectivity index (χ3n) is 1.68. The predicted molar refractivity (Wildman–Crippen MR) is 64.6 cm³/mol. The standard InChI is InChI=1S/C9H5Cl2FN2O3S/c10-6-2-1-3-7(11)9(6)8(4-13)14-17-18(15,16)5-12/h1-3H,5H2. The molecule has 96 valence electrons. The van der Waals surface area contributed by atoms with Crippen molar-refractivity contribution < 1.29 is 17.1 Å². The number of benzene rings is 1. The summed E-state index contributed by atoms with van der Waals surface area (Å²) in [7, 11) is -4.45. The Hall–Kier alpha value is -1.36. The highest BCUT2D eigenvalue weighted by atomic mass is 35.5. The Balaban J connectivity index is 3.20. The fourth-order valence-electron chi connectivity index (χ4n) is 0.960. The van der Waals surface area contributed by atoms with Crippen LogP contribution in [0.15, 0.2) is 23.4 Å². The smallest absolute Gasteiger partial charge is 0.265 e. The van der Waals surface area contributed by atoms with Gasteiger partial charge in [0.25, 0.3) is 0 Å². The Bertz CT molecular complexity index is 605. The highest BCUT2D eigenvalue weighted by Crippen LogP contribution is 2.25. The molecule has 1 rings (SSSR count). The minimum Gasteiger partial charge on any atom is -0.265 e. The highest BCUT2D eigenvalue weighted by Gasteiger charge is 2.16. The van der Waals surface area contributed by atoms with E-state index in [1.165, 1.54) is 18.2 Å². The molecule has 0 bridgehead atoms. The molecule has 0 aliphatic heterocycles. The van der Waals surface area contributed by atoms with Crippen LogP contribution in [0.5, 0.6) is 0 Å². The van der Waals surface area contributed by atoms with Gasteiger partial charge < -0.3 is 0 Å². The summed E-state index contributed by atoms with van der Waals surface area (Å²) in [5, 5.41) is 12.0. The van der Waals surface area contributed by atoms with Gasteiger partial charge in [-0.15, -0.1) is 0 Å². The molecule has 0 radical (unpaired) electrons. The number of oxime groups is 1. The van der Waals surface area contributed by atoms with E-state index in [0.29, 0.717) is 0 Å². The van der Waals surface area contributed by atoms with Crippen LogP contribution in [0, 0.1) is 11.3 Å². The SMILES string of the molecule is N#CC(=NOS(=O)(=O)CF)c1c(Cl)cccc1Cl. The molecule has 5 nitrogen and oxygen atoms in total. The molecule has 0 aliphatic carbocycles. The van der Waals surface area contributed by atoms with Gasteiger partial charge in [-0.2, -0.15) is 13.7 Å². The topological polar surface area (TPSA) is 79.5 Å². The summed E-state index contributed by atoms with van der Waals surface area (Å²) >= 11 is 11.6. The summed E-state index contributed by atoms with van der Waals surface area (Å²) in [4.78, 5) is 0. The summed E-state index contributed by atoms with van der Waals surface area (Å²) in [5.41, 5.74) is -0.458. The monoisotopic (exact) mass is 310 g/mol. The molecule has 0 N–H and O–H groups in total. The minimum atomic E-state index is -4.45. The summed E-state index contributed by atoms with van der Waals surface area (Å²) in [6, 6.07) is 4.20. The molecule has 0 saturated carbocycles. The first-order valence-corrected chi connectivity index (χ1v) is 6.64. The molecule has 1 aromatic rings. The highest BCUT2D eigenvalue weighted by molar-refractivity contribution is 7.86. The van der Waals surface area contributed by atoms with E-state index in [2.05, 4.69) is 9.44 Å². The van der Waals surface area contributed by atoms with Gasteiger partial charge in [-0.25, -0.2) is 4.39 Å². The number of nitrogens with zero attached hydrogens (tertiary/aromatic N) is 2. The Kier molecular flexibility index (Phi) is 4.90. The van der Waals surface area contributed by atoms with Crippen molar-refractivity contribution in [2.24, 2.45) is 5.16 Å². The van der Waals surface area contributed by atoms with Gasteiger partial charge in [0.15, 0.2) is 5.71 Å². The lowest BCUT2D eigenvalue weighted by Crippen LogP contribution is -2.07. The molecule has 0 spiro atoms. The number of nitriles is 1. The first-order valence-electron chi connectivity index (χ1n) is 4.31. The Labute approximate surface area is 112 Å². The van der Waals surface area contributed by atoms with Crippen LogP contribution >= 0.6 is 23.2 Å². The maximum Gasteiger partial charge on any atom is 0.358 e. The van der Waals surface area contributed by atoms with Crippen molar-refractivity contribution >= 4 is 39.0 Å². The van der Waals surface area contributed by atoms with E-state index in [0.717, 1.165) is 0 Å². The number of halogens is 3. The van der Waals surface area contributed by atoms with Crippen LogP contribution in [-0.4, -0.2) is 20.1 Å². The molecule has 0 fully saturated rings. The average Bonchev–Trinajstić information content (AvgIpc) is 2.33. The maximum absolute atomic E-state index is 12.0. The fourth-order valence-corrected chi connectivity index (χ4v) is 1.76. The zero-order chi connectivity index (χ0) is 13.8. The largest absolute Gasteiger partial charge is 0.358 e. The molecule has 0 heterocycles. The van der Waals surface area contributed by atoms with Crippen molar-refractivity contribution in [2.75, 3.05) is 6.01 Å². The molecule has 18 heavy (non-hydrogen) atoms. The van der Waals surface area contributed by atoms with Crippen molar-refractivity contribution in [2.45, 2.75) is 0 Å². The van der Waals surface area contributed by atoms with Gasteiger partial charge in [0.05, 0.1) is 15.6 Å². The van der Waals surface area contributed by atoms with E-state index in [9.17, 15) is 12.8 Å². The van der Waals surface area contributed by atoms with E-state index in [-0.39, 0.29) is 15.6 Å². The second kappa shape index (κ2) is 6.00. The normalized spacial score (nSPS) is 12.0. The van der Waals surface area contributed by atoms with Crippen LogP contribution in [0.4, 0.5) is 4.39 Å². The third kappa shape index (κ3) is 3.57. The van der Waals surface area contributed by atoms with E-state index < -0.39 is 21.8 Å². The van der Waals surface area contributed by atoms with Gasteiger partial charge in [0.1, 0.15) is 6.07 Å². The first-order chi connectivity index (χ1) is 8.41. The molecule has 0 atom stereocenters. The second-order valence-electron chi connectivity index (χ2n) is 2.89. The van der Waals surface area contributed by atoms with Crippen LogP contribution in [0.2, 0.25) is 10.0 Å². The molecular weight excluding hydrogens is 306 g/mol. The lowest BCUT2D eigenvalue weighted by Gasteiger charge is -2.03. The Morgan fingerprint density at radius 1 is 1.44 bits per heavy atom. The summed E-state index contributed by atoms with van der Waals surface area (Å²) < 4.78 is 37.4. The van der Waals surface area contributed by atoms with Gasteiger partial charge >= 0.3 is 10.1 Å². The Morgan fingerprint density at radius 3 is 2.44 bits per heavy atom. The number of hydrogen-bond acceptors (Lipinski definition) is 5. The van der Waals surface area contributed by atoms with E-state index in [1.54, 1.807) is 6.07 Å². The zero-order valence-electron chi connectivity index (χ0n) is 8.60. The van der Waals surface area contributed by atoms with Crippen molar-refractivity contribution in [3.8, 4) is 6.07 Å². The van der Waals surface area contributed by atoms with Gasteiger partial charge in [-0.3, -0.25) is 4.28 Å². The molecule has 0 aromatic heterocycles. The van der Waals surface area contributed by atoms with Crippen molar-refractivity contribution in [3.05, 3.63) is 33.8 Å².